The van der Waals surface area contributed by atoms with Gasteiger partial charge in [0.1, 0.15) is 17.1 Å². The van der Waals surface area contributed by atoms with Gasteiger partial charge in [0.2, 0.25) is 0 Å². The van der Waals surface area contributed by atoms with Crippen molar-refractivity contribution in [2.75, 3.05) is 4.90 Å². The molecule has 0 spiro atoms. The Hall–Kier alpha value is -3.64. The Morgan fingerprint density at radius 1 is 0.966 bits per heavy atom. The van der Waals surface area contributed by atoms with Crippen molar-refractivity contribution >= 4 is 41.2 Å². The lowest BCUT2D eigenvalue weighted by atomic mass is 10.1. The first kappa shape index (κ1) is 18.7. The predicted octanol–water partition coefficient (Wildman–Crippen LogP) is 4.57. The second-order valence-electron chi connectivity index (χ2n) is 6.45. The second kappa shape index (κ2) is 7.41. The molecule has 1 aliphatic rings. The zero-order valence-corrected chi connectivity index (χ0v) is 16.1. The number of urea groups is 1. The maximum Gasteiger partial charge on any atom is 0.335 e. The summed E-state index contributed by atoms with van der Waals surface area (Å²) >= 11 is 5.90. The minimum Gasteiger partial charge on any atom is -0.457 e. The number of para-hydroxylation sites is 1. The van der Waals surface area contributed by atoms with Crippen molar-refractivity contribution in [3.8, 4) is 11.3 Å². The summed E-state index contributed by atoms with van der Waals surface area (Å²) in [5.41, 5.74) is 1.75. The van der Waals surface area contributed by atoms with Crippen LogP contribution >= 0.6 is 11.6 Å². The Bertz CT molecular complexity index is 1160. The third-order valence-electron chi connectivity index (χ3n) is 4.50. The molecule has 4 rings (SSSR count). The van der Waals surface area contributed by atoms with Gasteiger partial charge in [-0.2, -0.15) is 0 Å². The monoisotopic (exact) mass is 406 g/mol. The molecular weight excluding hydrogens is 392 g/mol. The fourth-order valence-electron chi connectivity index (χ4n) is 3.03. The molecule has 0 radical (unpaired) electrons. The van der Waals surface area contributed by atoms with Gasteiger partial charge in [-0.3, -0.25) is 14.9 Å². The molecule has 0 atom stereocenters. The van der Waals surface area contributed by atoms with Crippen LogP contribution in [0.15, 0.2) is 70.7 Å². The molecule has 2 aromatic carbocycles. The Morgan fingerprint density at radius 3 is 2.41 bits per heavy atom. The number of nitrogens with one attached hydrogen (secondary N) is 1. The van der Waals surface area contributed by atoms with Crippen molar-refractivity contribution in [2.45, 2.75) is 6.92 Å². The fourth-order valence-corrected chi connectivity index (χ4v) is 3.16. The van der Waals surface area contributed by atoms with Crippen LogP contribution in [0.4, 0.5) is 10.5 Å². The smallest absolute Gasteiger partial charge is 0.335 e. The van der Waals surface area contributed by atoms with Gasteiger partial charge in [0.05, 0.1) is 5.69 Å². The molecule has 4 amide bonds. The molecule has 1 fully saturated rings. The minimum absolute atomic E-state index is 0.190. The van der Waals surface area contributed by atoms with Crippen LogP contribution in [-0.4, -0.2) is 17.8 Å². The minimum atomic E-state index is -0.784. The molecule has 7 heteroatoms. The van der Waals surface area contributed by atoms with Gasteiger partial charge in [0.25, 0.3) is 11.8 Å². The largest absolute Gasteiger partial charge is 0.457 e. The van der Waals surface area contributed by atoms with E-state index in [0.717, 1.165) is 16.0 Å². The molecule has 1 aromatic heterocycles. The van der Waals surface area contributed by atoms with Gasteiger partial charge in [-0.15, -0.1) is 0 Å². The van der Waals surface area contributed by atoms with Crippen molar-refractivity contribution in [1.82, 2.24) is 5.32 Å². The van der Waals surface area contributed by atoms with E-state index < -0.39 is 17.8 Å². The second-order valence-corrected chi connectivity index (χ2v) is 6.89. The Balaban J connectivity index is 1.68. The SMILES string of the molecule is Cc1ccccc1N1C(=O)NC(=O)/C(=C\c2ccc(-c3ccc(Cl)cc3)o2)C1=O. The number of carbonyl (C=O) groups is 3. The number of amides is 4. The summed E-state index contributed by atoms with van der Waals surface area (Å²) in [5, 5.41) is 2.81. The molecule has 0 aliphatic carbocycles. The number of hydrogen-bond donors (Lipinski definition) is 1. The average Bonchev–Trinajstić information content (AvgIpc) is 3.16. The zero-order valence-electron chi connectivity index (χ0n) is 15.3. The highest BCUT2D eigenvalue weighted by molar-refractivity contribution is 6.39. The number of hydrogen-bond acceptors (Lipinski definition) is 4. The highest BCUT2D eigenvalue weighted by Crippen LogP contribution is 2.27. The van der Waals surface area contributed by atoms with Gasteiger partial charge < -0.3 is 4.42 Å². The van der Waals surface area contributed by atoms with Crippen LogP contribution in [0.1, 0.15) is 11.3 Å². The van der Waals surface area contributed by atoms with E-state index in [-0.39, 0.29) is 5.57 Å². The number of nitrogens with zero attached hydrogens (tertiary/aromatic N) is 1. The standard InChI is InChI=1S/C22H15ClN2O4/c1-13-4-2-3-5-18(13)25-21(27)17(20(26)24-22(25)28)12-16-10-11-19(29-16)14-6-8-15(23)9-7-14/h2-12H,1H3,(H,24,26,28)/b17-12+. The number of aryl methyl sites for hydroxylation is 1. The summed E-state index contributed by atoms with van der Waals surface area (Å²) in [4.78, 5) is 38.5. The normalized spacial score (nSPS) is 15.7. The molecule has 0 unspecified atom stereocenters. The van der Waals surface area contributed by atoms with E-state index >= 15 is 0 Å². The number of furan rings is 1. The molecule has 1 aliphatic heterocycles. The van der Waals surface area contributed by atoms with Crippen LogP contribution in [0.5, 0.6) is 0 Å². The van der Waals surface area contributed by atoms with E-state index in [2.05, 4.69) is 5.32 Å². The van der Waals surface area contributed by atoms with Crippen LogP contribution in [0.2, 0.25) is 5.02 Å². The van der Waals surface area contributed by atoms with Gasteiger partial charge in [0, 0.05) is 10.6 Å². The number of imide groups is 2. The Labute approximate surface area is 171 Å². The lowest BCUT2D eigenvalue weighted by molar-refractivity contribution is -0.122. The third-order valence-corrected chi connectivity index (χ3v) is 4.75. The molecule has 1 saturated heterocycles. The lowest BCUT2D eigenvalue weighted by Gasteiger charge is -2.27. The van der Waals surface area contributed by atoms with Crippen LogP contribution in [-0.2, 0) is 9.59 Å². The molecule has 6 nitrogen and oxygen atoms in total. The van der Waals surface area contributed by atoms with Gasteiger partial charge in [0.15, 0.2) is 0 Å². The predicted molar refractivity (Wildman–Crippen MR) is 109 cm³/mol. The van der Waals surface area contributed by atoms with Crippen molar-refractivity contribution in [3.63, 3.8) is 0 Å². The topological polar surface area (TPSA) is 79.6 Å². The van der Waals surface area contributed by atoms with Crippen LogP contribution < -0.4 is 10.2 Å². The van der Waals surface area contributed by atoms with Crippen LogP contribution in [0, 0.1) is 6.92 Å². The van der Waals surface area contributed by atoms with Crippen molar-refractivity contribution < 1.29 is 18.8 Å². The first-order valence-corrected chi connectivity index (χ1v) is 9.15. The highest BCUT2D eigenvalue weighted by atomic mass is 35.5. The molecule has 0 saturated carbocycles. The molecule has 3 aromatic rings. The summed E-state index contributed by atoms with van der Waals surface area (Å²) in [5.74, 6) is -0.608. The number of barbiturate groups is 1. The van der Waals surface area contributed by atoms with Crippen molar-refractivity contribution in [3.05, 3.63) is 82.6 Å². The molecule has 144 valence electrons. The molecule has 29 heavy (non-hydrogen) atoms. The molecular formula is C22H15ClN2O4. The van der Waals surface area contributed by atoms with Gasteiger partial charge in [-0.05, 0) is 61.0 Å². The quantitative estimate of drug-likeness (QED) is 0.510. The number of benzene rings is 2. The Kier molecular flexibility index (Phi) is 4.78. The van der Waals surface area contributed by atoms with Gasteiger partial charge in [-0.25, -0.2) is 9.69 Å². The van der Waals surface area contributed by atoms with Crippen molar-refractivity contribution in [2.24, 2.45) is 0 Å². The van der Waals surface area contributed by atoms with Gasteiger partial charge in [-0.1, -0.05) is 29.8 Å². The number of halogens is 1. The molecule has 0 bridgehead atoms. The summed E-state index contributed by atoms with van der Waals surface area (Å²) in [7, 11) is 0. The molecule has 1 N–H and O–H groups in total. The highest BCUT2D eigenvalue weighted by Gasteiger charge is 2.37. The maximum absolute atomic E-state index is 12.9. The average molecular weight is 407 g/mol. The van der Waals surface area contributed by atoms with Gasteiger partial charge >= 0.3 is 6.03 Å². The van der Waals surface area contributed by atoms with Crippen LogP contribution in [0.25, 0.3) is 17.4 Å². The third kappa shape index (κ3) is 3.58. The first-order chi connectivity index (χ1) is 13.9. The number of carbonyl (C=O) groups excluding carboxylic acids is 3. The van der Waals surface area contributed by atoms with Crippen molar-refractivity contribution in [1.29, 1.82) is 0 Å². The summed E-state index contributed by atoms with van der Waals surface area (Å²) < 4.78 is 5.75. The fraction of sp³-hybridized carbons (Fsp3) is 0.0455. The molecule has 2 heterocycles. The van der Waals surface area contributed by atoms with E-state index in [0.29, 0.717) is 22.2 Å². The summed E-state index contributed by atoms with van der Waals surface area (Å²) in [6, 6.07) is 16.6. The Morgan fingerprint density at radius 2 is 1.69 bits per heavy atom. The van der Waals surface area contributed by atoms with Crippen LogP contribution in [0.3, 0.4) is 0 Å². The number of rotatable bonds is 3. The van der Waals surface area contributed by atoms with E-state index in [1.807, 2.05) is 0 Å². The van der Waals surface area contributed by atoms with E-state index in [9.17, 15) is 14.4 Å². The summed E-state index contributed by atoms with van der Waals surface area (Å²) in [6.45, 7) is 1.78. The number of anilines is 1. The first-order valence-electron chi connectivity index (χ1n) is 8.77. The maximum atomic E-state index is 12.9. The lowest BCUT2D eigenvalue weighted by Crippen LogP contribution is -2.54. The van der Waals surface area contributed by atoms with E-state index in [4.69, 9.17) is 16.0 Å². The van der Waals surface area contributed by atoms with E-state index in [1.165, 1.54) is 6.08 Å². The zero-order chi connectivity index (χ0) is 20.5. The summed E-state index contributed by atoms with van der Waals surface area (Å²) in [6.07, 6.45) is 1.33. The van der Waals surface area contributed by atoms with E-state index in [1.54, 1.807) is 67.6 Å².